The molecule has 0 aromatic heterocycles. The van der Waals surface area contributed by atoms with E-state index in [1.54, 1.807) is 36.4 Å². The first-order valence-electron chi connectivity index (χ1n) is 10.3. The molecular weight excluding hydrogens is 474 g/mol. The number of para-hydroxylation sites is 2. The Kier molecular flexibility index (Phi) is 7.82. The van der Waals surface area contributed by atoms with Crippen LogP contribution in [0.4, 0.5) is 11.4 Å². The second-order valence-corrected chi connectivity index (χ2v) is 9.21. The van der Waals surface area contributed by atoms with Gasteiger partial charge in [-0.1, -0.05) is 12.1 Å². The van der Waals surface area contributed by atoms with Crippen molar-refractivity contribution in [1.29, 1.82) is 0 Å². The molecule has 0 saturated heterocycles. The molecule has 10 nitrogen and oxygen atoms in total. The molecule has 0 unspecified atom stereocenters. The maximum absolute atomic E-state index is 13.1. The Morgan fingerprint density at radius 3 is 2.20 bits per heavy atom. The molecule has 0 aliphatic heterocycles. The minimum atomic E-state index is -3.90. The SMILES string of the molecule is COc1ccc(NC(=O)c2ccc(S(=O)(=O)N(C)c3ccccc3OC)cc2)cc1OCC(N)=O. The number of rotatable bonds is 10. The smallest absolute Gasteiger partial charge is 0.264 e. The molecule has 0 aliphatic carbocycles. The average Bonchev–Trinajstić information content (AvgIpc) is 2.87. The van der Waals surface area contributed by atoms with Crippen LogP contribution in [-0.2, 0) is 14.8 Å². The summed E-state index contributed by atoms with van der Waals surface area (Å²) < 4.78 is 43.0. The molecule has 2 amide bonds. The molecule has 0 spiro atoms. The lowest BCUT2D eigenvalue weighted by Crippen LogP contribution is -2.27. The molecule has 0 bridgehead atoms. The number of carbonyl (C=O) groups excluding carboxylic acids is 2. The van der Waals surface area contributed by atoms with E-state index in [4.69, 9.17) is 19.9 Å². The van der Waals surface area contributed by atoms with E-state index in [2.05, 4.69) is 5.32 Å². The predicted molar refractivity (Wildman–Crippen MR) is 131 cm³/mol. The Bertz CT molecular complexity index is 1330. The van der Waals surface area contributed by atoms with Crippen LogP contribution in [0.25, 0.3) is 0 Å². The Morgan fingerprint density at radius 1 is 0.914 bits per heavy atom. The number of methoxy groups -OCH3 is 2. The highest BCUT2D eigenvalue weighted by molar-refractivity contribution is 7.92. The van der Waals surface area contributed by atoms with Gasteiger partial charge in [0, 0.05) is 24.4 Å². The van der Waals surface area contributed by atoms with Crippen molar-refractivity contribution in [2.45, 2.75) is 4.90 Å². The number of anilines is 2. The average molecular weight is 500 g/mol. The lowest BCUT2D eigenvalue weighted by Gasteiger charge is -2.21. The highest BCUT2D eigenvalue weighted by Crippen LogP contribution is 2.32. The van der Waals surface area contributed by atoms with Crippen LogP contribution in [0.2, 0.25) is 0 Å². The third kappa shape index (κ3) is 5.82. The Hall–Kier alpha value is -4.25. The van der Waals surface area contributed by atoms with E-state index in [0.717, 1.165) is 4.31 Å². The molecule has 0 saturated carbocycles. The van der Waals surface area contributed by atoms with Gasteiger partial charge in [0.2, 0.25) is 0 Å². The van der Waals surface area contributed by atoms with Crippen LogP contribution in [0.5, 0.6) is 17.2 Å². The standard InChI is InChI=1S/C24H25N3O7S/c1-27(19-6-4-5-7-20(19)32-2)35(30,31)18-11-8-16(9-12-18)24(29)26-17-10-13-21(33-3)22(14-17)34-15-23(25)28/h4-14H,15H2,1-3H3,(H2,25,28)(H,26,29). The summed E-state index contributed by atoms with van der Waals surface area (Å²) in [5.41, 5.74) is 6.10. The minimum absolute atomic E-state index is 0.00837. The molecule has 3 aromatic rings. The summed E-state index contributed by atoms with van der Waals surface area (Å²) in [7, 11) is 0.424. The van der Waals surface area contributed by atoms with Crippen molar-refractivity contribution < 1.29 is 32.2 Å². The molecule has 3 N–H and O–H groups in total. The van der Waals surface area contributed by atoms with Gasteiger partial charge in [0.1, 0.15) is 5.75 Å². The molecule has 0 radical (unpaired) electrons. The number of nitrogens with one attached hydrogen (secondary N) is 1. The number of ether oxygens (including phenoxy) is 3. The normalized spacial score (nSPS) is 10.8. The molecule has 3 aromatic carbocycles. The van der Waals surface area contributed by atoms with Crippen molar-refractivity contribution >= 4 is 33.2 Å². The lowest BCUT2D eigenvalue weighted by molar-refractivity contribution is -0.119. The molecule has 0 heterocycles. The number of hydrogen-bond donors (Lipinski definition) is 2. The number of primary amides is 1. The van der Waals surface area contributed by atoms with E-state index < -0.39 is 21.8 Å². The Morgan fingerprint density at radius 2 is 1.57 bits per heavy atom. The number of nitrogens with two attached hydrogens (primary N) is 1. The van der Waals surface area contributed by atoms with E-state index >= 15 is 0 Å². The van der Waals surface area contributed by atoms with E-state index in [1.807, 2.05) is 0 Å². The fourth-order valence-corrected chi connectivity index (χ4v) is 4.38. The Balaban J connectivity index is 1.78. The summed E-state index contributed by atoms with van der Waals surface area (Å²) in [5.74, 6) is -0.137. The van der Waals surface area contributed by atoms with Gasteiger partial charge < -0.3 is 25.3 Å². The number of benzene rings is 3. The number of sulfonamides is 1. The van der Waals surface area contributed by atoms with Gasteiger partial charge in [-0.15, -0.1) is 0 Å². The largest absolute Gasteiger partial charge is 0.495 e. The molecule has 0 aliphatic rings. The van der Waals surface area contributed by atoms with Gasteiger partial charge in [-0.2, -0.15) is 0 Å². The number of nitrogens with zero attached hydrogens (tertiary/aromatic N) is 1. The highest BCUT2D eigenvalue weighted by Gasteiger charge is 2.24. The highest BCUT2D eigenvalue weighted by atomic mass is 32.2. The first-order chi connectivity index (χ1) is 16.7. The third-order valence-electron chi connectivity index (χ3n) is 4.99. The van der Waals surface area contributed by atoms with Crippen molar-refractivity contribution in [3.05, 3.63) is 72.3 Å². The van der Waals surface area contributed by atoms with E-state index in [1.165, 1.54) is 51.6 Å². The van der Waals surface area contributed by atoms with Crippen molar-refractivity contribution in [3.8, 4) is 17.2 Å². The van der Waals surface area contributed by atoms with E-state index in [-0.39, 0.29) is 22.8 Å². The summed E-state index contributed by atoms with van der Waals surface area (Å²) in [6.07, 6.45) is 0. The molecule has 0 fully saturated rings. The lowest BCUT2D eigenvalue weighted by atomic mass is 10.2. The van der Waals surface area contributed by atoms with Crippen LogP contribution in [0, 0.1) is 0 Å². The zero-order chi connectivity index (χ0) is 25.6. The van der Waals surface area contributed by atoms with E-state index in [0.29, 0.717) is 22.9 Å². The number of amides is 2. The second kappa shape index (κ2) is 10.8. The van der Waals surface area contributed by atoms with Gasteiger partial charge in [0.15, 0.2) is 18.1 Å². The van der Waals surface area contributed by atoms with Crippen LogP contribution in [-0.4, -0.2) is 48.1 Å². The van der Waals surface area contributed by atoms with E-state index in [9.17, 15) is 18.0 Å². The fraction of sp³-hybridized carbons (Fsp3) is 0.167. The van der Waals surface area contributed by atoms with Crippen LogP contribution < -0.4 is 29.6 Å². The van der Waals surface area contributed by atoms with Gasteiger partial charge >= 0.3 is 0 Å². The van der Waals surface area contributed by atoms with Crippen LogP contribution in [0.15, 0.2) is 71.6 Å². The van der Waals surface area contributed by atoms with Crippen molar-refractivity contribution in [2.75, 3.05) is 37.5 Å². The van der Waals surface area contributed by atoms with Gasteiger partial charge in [-0.25, -0.2) is 8.42 Å². The first-order valence-corrected chi connectivity index (χ1v) is 11.7. The van der Waals surface area contributed by atoms with Crippen molar-refractivity contribution in [3.63, 3.8) is 0 Å². The molecule has 3 rings (SSSR count). The maximum Gasteiger partial charge on any atom is 0.264 e. The third-order valence-corrected chi connectivity index (χ3v) is 6.78. The first kappa shape index (κ1) is 25.4. The van der Waals surface area contributed by atoms with Gasteiger partial charge in [0.25, 0.3) is 21.8 Å². The summed E-state index contributed by atoms with van der Waals surface area (Å²) in [4.78, 5) is 23.7. The van der Waals surface area contributed by atoms with Gasteiger partial charge in [0.05, 0.1) is 24.8 Å². The summed E-state index contributed by atoms with van der Waals surface area (Å²) in [6, 6.07) is 16.9. The molecule has 184 valence electrons. The summed E-state index contributed by atoms with van der Waals surface area (Å²) in [5, 5.41) is 2.69. The van der Waals surface area contributed by atoms with Crippen molar-refractivity contribution in [1.82, 2.24) is 0 Å². The molecular formula is C24H25N3O7S. The predicted octanol–water partition coefficient (Wildman–Crippen LogP) is 2.65. The zero-order valence-electron chi connectivity index (χ0n) is 19.3. The number of hydrogen-bond acceptors (Lipinski definition) is 7. The fourth-order valence-electron chi connectivity index (χ4n) is 3.18. The topological polar surface area (TPSA) is 137 Å². The zero-order valence-corrected chi connectivity index (χ0v) is 20.2. The second-order valence-electron chi connectivity index (χ2n) is 7.24. The molecule has 35 heavy (non-hydrogen) atoms. The quantitative estimate of drug-likeness (QED) is 0.437. The van der Waals surface area contributed by atoms with Gasteiger partial charge in [-0.3, -0.25) is 13.9 Å². The van der Waals surface area contributed by atoms with Crippen LogP contribution in [0.1, 0.15) is 10.4 Å². The Labute approximate surface area is 203 Å². The summed E-state index contributed by atoms with van der Waals surface area (Å²) >= 11 is 0. The molecule has 11 heteroatoms. The van der Waals surface area contributed by atoms with Gasteiger partial charge in [-0.05, 0) is 48.5 Å². The van der Waals surface area contributed by atoms with Crippen LogP contribution >= 0.6 is 0 Å². The number of carbonyl (C=O) groups is 2. The van der Waals surface area contributed by atoms with Crippen LogP contribution in [0.3, 0.4) is 0 Å². The molecule has 0 atom stereocenters. The maximum atomic E-state index is 13.1. The van der Waals surface area contributed by atoms with Crippen molar-refractivity contribution in [2.24, 2.45) is 5.73 Å². The summed E-state index contributed by atoms with van der Waals surface area (Å²) in [6.45, 7) is -0.354. The monoisotopic (exact) mass is 499 g/mol. The minimum Gasteiger partial charge on any atom is -0.495 e.